The van der Waals surface area contributed by atoms with E-state index in [0.29, 0.717) is 19.0 Å². The van der Waals surface area contributed by atoms with Gasteiger partial charge in [-0.05, 0) is 29.7 Å². The first-order valence-corrected chi connectivity index (χ1v) is 9.33. The lowest BCUT2D eigenvalue weighted by molar-refractivity contribution is 0.397. The third kappa shape index (κ3) is 7.04. The fourth-order valence-corrected chi connectivity index (χ4v) is 2.77. The molecule has 7 nitrogen and oxygen atoms in total. The minimum absolute atomic E-state index is 0. The number of aliphatic imine (C=N–C) groups is 1. The van der Waals surface area contributed by atoms with Gasteiger partial charge in [0, 0.05) is 37.7 Å². The maximum Gasteiger partial charge on any atom is 0.212 e. The van der Waals surface area contributed by atoms with Crippen LogP contribution in [0.5, 0.6) is 5.88 Å². The number of rotatable bonds is 8. The molecule has 0 aliphatic rings. The van der Waals surface area contributed by atoms with E-state index in [2.05, 4.69) is 56.9 Å². The lowest BCUT2D eigenvalue weighted by Gasteiger charge is -2.14. The van der Waals surface area contributed by atoms with E-state index >= 15 is 0 Å². The quantitative estimate of drug-likeness (QED) is 0.279. The molecule has 2 aromatic heterocycles. The Kier molecular flexibility index (Phi) is 9.42. The molecule has 0 atom stereocenters. The van der Waals surface area contributed by atoms with Crippen LogP contribution in [0.2, 0.25) is 0 Å². The van der Waals surface area contributed by atoms with E-state index in [1.165, 1.54) is 11.1 Å². The minimum atomic E-state index is 0. The van der Waals surface area contributed by atoms with Crippen molar-refractivity contribution in [2.45, 2.75) is 26.6 Å². The second kappa shape index (κ2) is 12.1. The Morgan fingerprint density at radius 2 is 1.93 bits per heavy atom. The summed E-state index contributed by atoms with van der Waals surface area (Å²) in [5.74, 6) is 1.37. The summed E-state index contributed by atoms with van der Waals surface area (Å²) in [7, 11) is 1.61. The van der Waals surface area contributed by atoms with Gasteiger partial charge in [0.1, 0.15) is 0 Å². The van der Waals surface area contributed by atoms with Gasteiger partial charge in [0.2, 0.25) is 5.88 Å². The molecule has 0 saturated carbocycles. The molecule has 0 aliphatic heterocycles. The van der Waals surface area contributed by atoms with Gasteiger partial charge in [0.25, 0.3) is 0 Å². The molecule has 0 radical (unpaired) electrons. The summed E-state index contributed by atoms with van der Waals surface area (Å²) < 4.78 is 7.02. The number of aromatic nitrogens is 3. The van der Waals surface area contributed by atoms with Crippen molar-refractivity contribution in [1.29, 1.82) is 0 Å². The van der Waals surface area contributed by atoms with E-state index in [1.807, 2.05) is 29.1 Å². The van der Waals surface area contributed by atoms with E-state index in [0.717, 1.165) is 24.6 Å². The van der Waals surface area contributed by atoms with Crippen molar-refractivity contribution in [3.8, 4) is 5.88 Å². The molecule has 29 heavy (non-hydrogen) atoms. The van der Waals surface area contributed by atoms with Gasteiger partial charge in [0.05, 0.1) is 20.2 Å². The van der Waals surface area contributed by atoms with E-state index < -0.39 is 0 Å². The van der Waals surface area contributed by atoms with Crippen molar-refractivity contribution in [3.05, 3.63) is 77.7 Å². The minimum Gasteiger partial charge on any atom is -0.481 e. The summed E-state index contributed by atoms with van der Waals surface area (Å²) in [4.78, 5) is 8.88. The molecule has 0 aliphatic carbocycles. The van der Waals surface area contributed by atoms with Crippen LogP contribution in [-0.4, -0.2) is 34.4 Å². The molecule has 154 valence electrons. The van der Waals surface area contributed by atoms with Gasteiger partial charge < -0.3 is 15.4 Å². The van der Waals surface area contributed by atoms with Gasteiger partial charge in [-0.2, -0.15) is 5.10 Å². The lowest BCUT2D eigenvalue weighted by Crippen LogP contribution is -2.37. The third-order valence-corrected chi connectivity index (χ3v) is 4.23. The smallest absolute Gasteiger partial charge is 0.212 e. The van der Waals surface area contributed by atoms with Gasteiger partial charge in [-0.25, -0.2) is 9.98 Å². The summed E-state index contributed by atoms with van der Waals surface area (Å²) in [5, 5.41) is 11.0. The van der Waals surface area contributed by atoms with Gasteiger partial charge in [-0.15, -0.1) is 24.0 Å². The largest absolute Gasteiger partial charge is 0.481 e. The zero-order chi connectivity index (χ0) is 19.6. The molecular weight excluding hydrogens is 479 g/mol. The van der Waals surface area contributed by atoms with Gasteiger partial charge in [-0.1, -0.05) is 30.3 Å². The molecule has 0 bridgehead atoms. The number of hydrogen-bond acceptors (Lipinski definition) is 4. The Bertz CT molecular complexity index is 880. The molecule has 0 spiro atoms. The molecule has 2 N–H and O–H groups in total. The second-order valence-corrected chi connectivity index (χ2v) is 6.23. The highest BCUT2D eigenvalue weighted by molar-refractivity contribution is 14.0. The highest BCUT2D eigenvalue weighted by Crippen LogP contribution is 2.11. The average Bonchev–Trinajstić information content (AvgIpc) is 3.24. The van der Waals surface area contributed by atoms with Crippen molar-refractivity contribution < 1.29 is 4.74 Å². The number of ether oxygens (including phenoxy) is 1. The first-order valence-electron chi connectivity index (χ1n) is 9.33. The van der Waals surface area contributed by atoms with Gasteiger partial charge in [-0.3, -0.25) is 4.68 Å². The summed E-state index contributed by atoms with van der Waals surface area (Å²) >= 11 is 0. The fourth-order valence-electron chi connectivity index (χ4n) is 2.77. The number of nitrogens with one attached hydrogen (secondary N) is 2. The van der Waals surface area contributed by atoms with Crippen LogP contribution < -0.4 is 15.4 Å². The van der Waals surface area contributed by atoms with E-state index in [-0.39, 0.29) is 24.0 Å². The number of halogens is 1. The topological polar surface area (TPSA) is 76.4 Å². The fraction of sp³-hybridized carbons (Fsp3) is 0.286. The van der Waals surface area contributed by atoms with Crippen LogP contribution >= 0.6 is 24.0 Å². The van der Waals surface area contributed by atoms with Crippen molar-refractivity contribution in [2.24, 2.45) is 4.99 Å². The van der Waals surface area contributed by atoms with E-state index in [9.17, 15) is 0 Å². The Morgan fingerprint density at radius 3 is 2.59 bits per heavy atom. The van der Waals surface area contributed by atoms with Crippen molar-refractivity contribution in [3.63, 3.8) is 0 Å². The van der Waals surface area contributed by atoms with Gasteiger partial charge >= 0.3 is 0 Å². The van der Waals surface area contributed by atoms with Crippen LogP contribution in [-0.2, 0) is 19.6 Å². The summed E-state index contributed by atoms with van der Waals surface area (Å²) in [6.45, 7) is 4.82. The van der Waals surface area contributed by atoms with Crippen molar-refractivity contribution in [1.82, 2.24) is 25.4 Å². The maximum absolute atomic E-state index is 5.09. The Balaban J connectivity index is 0.00000300. The zero-order valence-electron chi connectivity index (χ0n) is 16.7. The Morgan fingerprint density at radius 1 is 1.10 bits per heavy atom. The predicted octanol–water partition coefficient (Wildman–Crippen LogP) is 3.21. The van der Waals surface area contributed by atoms with Crippen LogP contribution in [0.1, 0.15) is 23.6 Å². The number of methoxy groups -OCH3 is 1. The van der Waals surface area contributed by atoms with Crippen LogP contribution in [0.3, 0.4) is 0 Å². The lowest BCUT2D eigenvalue weighted by atomic mass is 10.1. The van der Waals surface area contributed by atoms with Crippen molar-refractivity contribution >= 4 is 29.9 Å². The molecule has 2 heterocycles. The average molecular weight is 506 g/mol. The number of nitrogens with zero attached hydrogens (tertiary/aromatic N) is 4. The molecule has 0 fully saturated rings. The zero-order valence-corrected chi connectivity index (χ0v) is 19.0. The highest BCUT2D eigenvalue weighted by Gasteiger charge is 2.05. The standard InChI is InChI=1S/C21H26N6O.HI/c1-3-22-21(24-14-17-9-10-20(28-2)23-13-17)25-15-18-7-4-5-8-19(18)16-27-12-6-11-26-27;/h4-13H,3,14-16H2,1-2H3,(H2,22,24,25);1H. The molecule has 8 heteroatoms. The summed E-state index contributed by atoms with van der Waals surface area (Å²) in [6.07, 6.45) is 5.55. The van der Waals surface area contributed by atoms with Crippen molar-refractivity contribution in [2.75, 3.05) is 13.7 Å². The van der Waals surface area contributed by atoms with E-state index in [1.54, 1.807) is 19.5 Å². The molecule has 0 saturated heterocycles. The number of guanidine groups is 1. The molecule has 1 aromatic carbocycles. The summed E-state index contributed by atoms with van der Waals surface area (Å²) in [6, 6.07) is 14.1. The Labute approximate surface area is 188 Å². The SMILES string of the molecule is CCNC(=NCc1ccc(OC)nc1)NCc1ccccc1Cn1cccn1.I. The van der Waals surface area contributed by atoms with E-state index in [4.69, 9.17) is 4.74 Å². The predicted molar refractivity (Wildman–Crippen MR) is 126 cm³/mol. The molecule has 0 amide bonds. The maximum atomic E-state index is 5.09. The molecule has 3 rings (SSSR count). The highest BCUT2D eigenvalue weighted by atomic mass is 127. The van der Waals surface area contributed by atoms with Crippen LogP contribution in [0.25, 0.3) is 0 Å². The first kappa shape index (κ1) is 22.7. The number of benzene rings is 1. The number of hydrogen-bond donors (Lipinski definition) is 2. The molecule has 3 aromatic rings. The normalized spacial score (nSPS) is 10.9. The second-order valence-electron chi connectivity index (χ2n) is 6.23. The first-order chi connectivity index (χ1) is 13.8. The van der Waals surface area contributed by atoms with Gasteiger partial charge in [0.15, 0.2) is 5.96 Å². The Hall–Kier alpha value is -2.62. The molecule has 0 unspecified atom stereocenters. The van der Waals surface area contributed by atoms with Crippen LogP contribution in [0.4, 0.5) is 0 Å². The van der Waals surface area contributed by atoms with Crippen LogP contribution in [0.15, 0.2) is 66.0 Å². The summed E-state index contributed by atoms with van der Waals surface area (Å²) in [5.41, 5.74) is 3.47. The monoisotopic (exact) mass is 506 g/mol. The third-order valence-electron chi connectivity index (χ3n) is 4.23. The number of pyridine rings is 1. The van der Waals surface area contributed by atoms with Crippen LogP contribution in [0, 0.1) is 0 Å². The molecular formula is C21H27IN6O.